The number of aliphatic imine (C=N–C) groups is 1. The number of likely N-dealkylation sites (tertiary alicyclic amines) is 1. The van der Waals surface area contributed by atoms with Gasteiger partial charge in [-0.1, -0.05) is 30.3 Å². The second kappa shape index (κ2) is 12.6. The van der Waals surface area contributed by atoms with Gasteiger partial charge in [0.25, 0.3) is 0 Å². The van der Waals surface area contributed by atoms with Gasteiger partial charge in [0.05, 0.1) is 5.60 Å². The molecular weight excluding hydrogens is 505 g/mol. The standard InChI is InChI=1S/C23H37N5O2.HI/c1-23(12-7-15-30-23)18-25-22(24-16-21(29)27(2)3)26-20-10-13-28(14-11-20)17-19-8-5-4-6-9-19;/h4-6,8-9,20H,7,10-18H2,1-3H3,(H2,24,25,26);1H. The maximum Gasteiger partial charge on any atom is 0.243 e. The van der Waals surface area contributed by atoms with Crippen molar-refractivity contribution < 1.29 is 9.53 Å². The molecule has 2 aliphatic rings. The van der Waals surface area contributed by atoms with E-state index >= 15 is 0 Å². The molecule has 7 nitrogen and oxygen atoms in total. The minimum Gasteiger partial charge on any atom is -0.373 e. The summed E-state index contributed by atoms with van der Waals surface area (Å²) in [5.74, 6) is 0.709. The Hall–Kier alpha value is -1.39. The van der Waals surface area contributed by atoms with Crippen LogP contribution in [0.5, 0.6) is 0 Å². The Morgan fingerprint density at radius 3 is 2.58 bits per heavy atom. The normalized spacial score (nSPS) is 22.6. The molecule has 0 bridgehead atoms. The monoisotopic (exact) mass is 543 g/mol. The summed E-state index contributed by atoms with van der Waals surface area (Å²) in [6.45, 7) is 6.90. The molecule has 174 valence electrons. The average Bonchev–Trinajstić information content (AvgIpc) is 3.18. The van der Waals surface area contributed by atoms with Gasteiger partial charge in [-0.2, -0.15) is 0 Å². The largest absolute Gasteiger partial charge is 0.373 e. The van der Waals surface area contributed by atoms with E-state index in [1.165, 1.54) is 5.56 Å². The first-order valence-electron chi connectivity index (χ1n) is 11.1. The fraction of sp³-hybridized carbons (Fsp3) is 0.652. The molecule has 2 N–H and O–H groups in total. The van der Waals surface area contributed by atoms with E-state index in [1.807, 2.05) is 0 Å². The number of amides is 1. The zero-order valence-corrected chi connectivity index (χ0v) is 21.4. The summed E-state index contributed by atoms with van der Waals surface area (Å²) in [5, 5.41) is 6.99. The number of nitrogens with zero attached hydrogens (tertiary/aromatic N) is 3. The van der Waals surface area contributed by atoms with Crippen molar-refractivity contribution in [2.45, 2.75) is 50.8 Å². The molecule has 1 aromatic rings. The van der Waals surface area contributed by atoms with E-state index in [9.17, 15) is 4.79 Å². The topological polar surface area (TPSA) is 69.2 Å². The number of carbonyl (C=O) groups excluding carboxylic acids is 1. The number of guanidine groups is 1. The van der Waals surface area contributed by atoms with Crippen molar-refractivity contribution in [2.75, 3.05) is 46.9 Å². The highest BCUT2D eigenvalue weighted by Crippen LogP contribution is 2.23. The van der Waals surface area contributed by atoms with Crippen molar-refractivity contribution in [3.05, 3.63) is 35.9 Å². The van der Waals surface area contributed by atoms with Crippen LogP contribution in [0.25, 0.3) is 0 Å². The summed E-state index contributed by atoms with van der Waals surface area (Å²) in [6, 6.07) is 11.0. The third kappa shape index (κ3) is 8.57. The number of hydrogen-bond acceptors (Lipinski definition) is 4. The van der Waals surface area contributed by atoms with Gasteiger partial charge in [0, 0.05) is 52.9 Å². The minimum absolute atomic E-state index is 0. The zero-order valence-electron chi connectivity index (χ0n) is 19.1. The van der Waals surface area contributed by atoms with Crippen LogP contribution in [-0.4, -0.2) is 80.2 Å². The van der Waals surface area contributed by atoms with Gasteiger partial charge in [-0.15, -0.1) is 24.0 Å². The van der Waals surface area contributed by atoms with E-state index in [4.69, 9.17) is 4.74 Å². The van der Waals surface area contributed by atoms with Crippen LogP contribution in [0.15, 0.2) is 35.3 Å². The van der Waals surface area contributed by atoms with Crippen molar-refractivity contribution >= 4 is 35.8 Å². The lowest BCUT2D eigenvalue weighted by Crippen LogP contribution is -2.51. The van der Waals surface area contributed by atoms with Crippen LogP contribution in [0.2, 0.25) is 0 Å². The molecule has 2 saturated heterocycles. The number of halogens is 1. The molecule has 0 radical (unpaired) electrons. The van der Waals surface area contributed by atoms with Gasteiger partial charge in [-0.05, 0) is 38.2 Å². The summed E-state index contributed by atoms with van der Waals surface area (Å²) in [4.78, 5) is 20.6. The molecule has 1 amide bonds. The molecule has 3 rings (SSSR count). The van der Waals surface area contributed by atoms with Gasteiger partial charge in [-0.25, -0.2) is 4.99 Å². The van der Waals surface area contributed by atoms with Gasteiger partial charge >= 0.3 is 0 Å². The summed E-state index contributed by atoms with van der Waals surface area (Å²) >= 11 is 0. The number of ether oxygens (including phenoxy) is 1. The van der Waals surface area contributed by atoms with Gasteiger partial charge in [0.2, 0.25) is 5.91 Å². The lowest BCUT2D eigenvalue weighted by Gasteiger charge is -2.33. The number of carbonyl (C=O) groups is 1. The fourth-order valence-corrected chi connectivity index (χ4v) is 3.96. The second-order valence-electron chi connectivity index (χ2n) is 8.89. The number of nitrogens with one attached hydrogen (secondary N) is 2. The lowest BCUT2D eigenvalue weighted by molar-refractivity contribution is -0.127. The van der Waals surface area contributed by atoms with Gasteiger partial charge in [-0.3, -0.25) is 9.69 Å². The molecule has 31 heavy (non-hydrogen) atoms. The predicted octanol–water partition coefficient (Wildman–Crippen LogP) is 2.46. The Balaban J connectivity index is 0.00000341. The third-order valence-electron chi connectivity index (χ3n) is 5.98. The Morgan fingerprint density at radius 1 is 1.26 bits per heavy atom. The fourth-order valence-electron chi connectivity index (χ4n) is 3.96. The van der Waals surface area contributed by atoms with Crippen LogP contribution in [0.1, 0.15) is 38.2 Å². The second-order valence-corrected chi connectivity index (χ2v) is 8.89. The Bertz CT molecular complexity index is 699. The highest BCUT2D eigenvalue weighted by molar-refractivity contribution is 14.0. The first kappa shape index (κ1) is 25.9. The quantitative estimate of drug-likeness (QED) is 0.314. The van der Waals surface area contributed by atoms with E-state index in [-0.39, 0.29) is 42.0 Å². The summed E-state index contributed by atoms with van der Waals surface area (Å²) in [7, 11) is 3.52. The van der Waals surface area contributed by atoms with Crippen molar-refractivity contribution in [3.8, 4) is 0 Å². The zero-order chi connectivity index (χ0) is 21.4. The lowest BCUT2D eigenvalue weighted by atomic mass is 10.0. The maximum absolute atomic E-state index is 12.0. The molecule has 1 atom stereocenters. The number of piperidine rings is 1. The average molecular weight is 543 g/mol. The van der Waals surface area contributed by atoms with Crippen LogP contribution >= 0.6 is 24.0 Å². The van der Waals surface area contributed by atoms with Crippen molar-refractivity contribution in [1.29, 1.82) is 0 Å². The summed E-state index contributed by atoms with van der Waals surface area (Å²) < 4.78 is 5.89. The molecule has 2 heterocycles. The Labute approximate surface area is 204 Å². The number of rotatable bonds is 7. The van der Waals surface area contributed by atoms with Gasteiger partial charge in [0.1, 0.15) is 6.54 Å². The first-order chi connectivity index (χ1) is 14.4. The third-order valence-corrected chi connectivity index (χ3v) is 5.98. The molecular formula is C23H38IN5O2. The minimum atomic E-state index is -0.160. The molecule has 2 fully saturated rings. The van der Waals surface area contributed by atoms with Crippen LogP contribution < -0.4 is 10.6 Å². The molecule has 0 aliphatic carbocycles. The molecule has 2 aliphatic heterocycles. The molecule has 1 aromatic carbocycles. The maximum atomic E-state index is 12.0. The molecule has 0 saturated carbocycles. The predicted molar refractivity (Wildman–Crippen MR) is 136 cm³/mol. The Kier molecular flexibility index (Phi) is 10.5. The van der Waals surface area contributed by atoms with Crippen molar-refractivity contribution in [3.63, 3.8) is 0 Å². The molecule has 0 aromatic heterocycles. The van der Waals surface area contributed by atoms with E-state index < -0.39 is 0 Å². The number of benzene rings is 1. The van der Waals surface area contributed by atoms with Crippen molar-refractivity contribution in [2.24, 2.45) is 4.99 Å². The van der Waals surface area contributed by atoms with E-state index in [1.54, 1.807) is 19.0 Å². The first-order valence-corrected chi connectivity index (χ1v) is 11.1. The van der Waals surface area contributed by atoms with Crippen LogP contribution in [0.3, 0.4) is 0 Å². The highest BCUT2D eigenvalue weighted by atomic mass is 127. The van der Waals surface area contributed by atoms with Crippen molar-refractivity contribution in [1.82, 2.24) is 20.4 Å². The van der Waals surface area contributed by atoms with Gasteiger partial charge < -0.3 is 20.3 Å². The summed E-state index contributed by atoms with van der Waals surface area (Å²) in [5.41, 5.74) is 1.20. The van der Waals surface area contributed by atoms with E-state index in [0.29, 0.717) is 18.5 Å². The summed E-state index contributed by atoms with van der Waals surface area (Å²) in [6.07, 6.45) is 4.25. The highest BCUT2D eigenvalue weighted by Gasteiger charge is 2.30. The molecule has 1 unspecified atom stereocenters. The number of hydrogen-bond donors (Lipinski definition) is 2. The Morgan fingerprint density at radius 2 is 1.97 bits per heavy atom. The van der Waals surface area contributed by atoms with E-state index in [0.717, 1.165) is 51.9 Å². The molecule has 8 heteroatoms. The van der Waals surface area contributed by atoms with Crippen LogP contribution in [0, 0.1) is 0 Å². The molecule has 0 spiro atoms. The van der Waals surface area contributed by atoms with E-state index in [2.05, 4.69) is 57.8 Å². The van der Waals surface area contributed by atoms with Crippen LogP contribution in [0.4, 0.5) is 0 Å². The number of likely N-dealkylation sites (N-methyl/N-ethyl adjacent to an activating group) is 1. The smallest absolute Gasteiger partial charge is 0.243 e. The van der Waals surface area contributed by atoms with Gasteiger partial charge in [0.15, 0.2) is 5.96 Å². The SMILES string of the molecule is CN(C)C(=O)CN=C(NCC1(C)CCCO1)NC1CCN(Cc2ccccc2)CC1.I. The van der Waals surface area contributed by atoms with Crippen LogP contribution in [-0.2, 0) is 16.1 Å².